The Labute approximate surface area is 118 Å². The summed E-state index contributed by atoms with van der Waals surface area (Å²) < 4.78 is 5.92. The van der Waals surface area contributed by atoms with Gasteiger partial charge in [-0.15, -0.1) is 0 Å². The van der Waals surface area contributed by atoms with Crippen LogP contribution in [-0.2, 0) is 6.61 Å². The summed E-state index contributed by atoms with van der Waals surface area (Å²) in [6.07, 6.45) is 1.83. The van der Waals surface area contributed by atoms with Gasteiger partial charge in [0, 0.05) is 24.2 Å². The molecule has 3 nitrogen and oxygen atoms in total. The van der Waals surface area contributed by atoms with Crippen molar-refractivity contribution in [3.63, 3.8) is 0 Å². The maximum absolute atomic E-state index is 5.92. The van der Waals surface area contributed by atoms with Crippen LogP contribution >= 0.6 is 0 Å². The van der Waals surface area contributed by atoms with E-state index in [0.717, 1.165) is 22.5 Å². The summed E-state index contributed by atoms with van der Waals surface area (Å²) in [6, 6.07) is 18.3. The van der Waals surface area contributed by atoms with Gasteiger partial charge in [-0.3, -0.25) is 0 Å². The van der Waals surface area contributed by atoms with Crippen LogP contribution in [0.4, 0.5) is 5.82 Å². The third-order valence-corrected chi connectivity index (χ3v) is 3.22. The molecular weight excluding hydrogens is 248 g/mol. The van der Waals surface area contributed by atoms with Gasteiger partial charge in [-0.25, -0.2) is 4.98 Å². The number of aromatic nitrogens is 1. The van der Waals surface area contributed by atoms with Crippen molar-refractivity contribution >= 4 is 16.6 Å². The van der Waals surface area contributed by atoms with Crippen LogP contribution in [0.15, 0.2) is 60.8 Å². The molecule has 1 aromatic heterocycles. The lowest BCUT2D eigenvalue weighted by molar-refractivity contribution is 0.309. The molecular formula is C17H16N2O. The molecule has 0 atom stereocenters. The Hall–Kier alpha value is -2.55. The zero-order chi connectivity index (χ0) is 13.8. The first-order chi connectivity index (χ1) is 9.86. The number of fused-ring (bicyclic) bond motifs is 1. The van der Waals surface area contributed by atoms with Crippen molar-refractivity contribution < 1.29 is 4.74 Å². The molecule has 3 heteroatoms. The summed E-state index contributed by atoms with van der Waals surface area (Å²) >= 11 is 0. The molecule has 0 amide bonds. The highest BCUT2D eigenvalue weighted by Crippen LogP contribution is 2.25. The molecule has 0 aliphatic rings. The summed E-state index contributed by atoms with van der Waals surface area (Å²) in [5.74, 6) is 1.76. The molecule has 20 heavy (non-hydrogen) atoms. The zero-order valence-electron chi connectivity index (χ0n) is 11.3. The van der Waals surface area contributed by atoms with E-state index in [9.17, 15) is 0 Å². The number of nitrogens with one attached hydrogen (secondary N) is 1. The van der Waals surface area contributed by atoms with Crippen LogP contribution in [0.1, 0.15) is 5.56 Å². The molecule has 0 fully saturated rings. The molecule has 0 unspecified atom stereocenters. The van der Waals surface area contributed by atoms with Crippen molar-refractivity contribution in [3.05, 3.63) is 66.4 Å². The molecule has 1 N–H and O–H groups in total. The largest absolute Gasteiger partial charge is 0.488 e. The van der Waals surface area contributed by atoms with Crippen LogP contribution < -0.4 is 10.1 Å². The average Bonchev–Trinajstić information content (AvgIpc) is 2.53. The fourth-order valence-corrected chi connectivity index (χ4v) is 2.14. The fraction of sp³-hybridized carbons (Fsp3) is 0.118. The van der Waals surface area contributed by atoms with Gasteiger partial charge in [0.05, 0.1) is 0 Å². The molecule has 0 spiro atoms. The number of anilines is 1. The maximum Gasteiger partial charge on any atom is 0.127 e. The standard InChI is InChI=1S/C17H16N2O/c1-18-17-10-9-13(11-19-17)12-20-16-8-4-6-14-5-2-3-7-15(14)16/h2-11H,12H2,1H3,(H,18,19). The van der Waals surface area contributed by atoms with Crippen LogP contribution in [0, 0.1) is 0 Å². The van der Waals surface area contributed by atoms with Crippen molar-refractivity contribution in [1.82, 2.24) is 4.98 Å². The predicted molar refractivity (Wildman–Crippen MR) is 82.1 cm³/mol. The van der Waals surface area contributed by atoms with Gasteiger partial charge in [0.25, 0.3) is 0 Å². The minimum Gasteiger partial charge on any atom is -0.488 e. The second kappa shape index (κ2) is 5.61. The SMILES string of the molecule is CNc1ccc(COc2cccc3ccccc23)cn1. The van der Waals surface area contributed by atoms with Crippen LogP contribution in [0.3, 0.4) is 0 Å². The smallest absolute Gasteiger partial charge is 0.127 e. The topological polar surface area (TPSA) is 34.1 Å². The number of nitrogens with zero attached hydrogens (tertiary/aromatic N) is 1. The van der Waals surface area contributed by atoms with E-state index in [1.807, 2.05) is 49.6 Å². The second-order valence-electron chi connectivity index (χ2n) is 4.57. The molecule has 0 bridgehead atoms. The van der Waals surface area contributed by atoms with Crippen LogP contribution in [0.25, 0.3) is 10.8 Å². The first-order valence-corrected chi connectivity index (χ1v) is 6.60. The van der Waals surface area contributed by atoms with Crippen molar-refractivity contribution in [3.8, 4) is 5.75 Å². The van der Waals surface area contributed by atoms with Gasteiger partial charge in [0.2, 0.25) is 0 Å². The van der Waals surface area contributed by atoms with E-state index in [2.05, 4.69) is 28.5 Å². The van der Waals surface area contributed by atoms with Crippen LogP contribution in [0.2, 0.25) is 0 Å². The number of rotatable bonds is 4. The number of benzene rings is 2. The second-order valence-corrected chi connectivity index (χ2v) is 4.57. The lowest BCUT2D eigenvalue weighted by Gasteiger charge is -2.09. The fourth-order valence-electron chi connectivity index (χ4n) is 2.14. The number of pyridine rings is 1. The summed E-state index contributed by atoms with van der Waals surface area (Å²) in [5.41, 5.74) is 1.05. The van der Waals surface area contributed by atoms with E-state index in [4.69, 9.17) is 4.74 Å². The average molecular weight is 264 g/mol. The Morgan fingerprint density at radius 2 is 1.85 bits per heavy atom. The predicted octanol–water partition coefficient (Wildman–Crippen LogP) is 3.86. The molecule has 0 aliphatic heterocycles. The van der Waals surface area contributed by atoms with E-state index < -0.39 is 0 Å². The van der Waals surface area contributed by atoms with Gasteiger partial charge in [-0.1, -0.05) is 42.5 Å². The molecule has 0 radical (unpaired) electrons. The lowest BCUT2D eigenvalue weighted by Crippen LogP contribution is -1.98. The van der Waals surface area contributed by atoms with Crippen molar-refractivity contribution in [2.45, 2.75) is 6.61 Å². The molecule has 2 aromatic carbocycles. The number of hydrogen-bond donors (Lipinski definition) is 1. The van der Waals surface area contributed by atoms with Gasteiger partial charge < -0.3 is 10.1 Å². The molecule has 3 rings (SSSR count). The lowest BCUT2D eigenvalue weighted by atomic mass is 10.1. The first kappa shape index (κ1) is 12.5. The Kier molecular flexibility index (Phi) is 3.50. The van der Waals surface area contributed by atoms with Gasteiger partial charge in [-0.05, 0) is 17.5 Å². The maximum atomic E-state index is 5.92. The van der Waals surface area contributed by atoms with Crippen LogP contribution in [0.5, 0.6) is 5.75 Å². The number of ether oxygens (including phenoxy) is 1. The summed E-state index contributed by atoms with van der Waals surface area (Å²) in [5, 5.41) is 5.32. The summed E-state index contributed by atoms with van der Waals surface area (Å²) in [6.45, 7) is 0.519. The molecule has 1 heterocycles. The highest BCUT2D eigenvalue weighted by atomic mass is 16.5. The number of hydrogen-bond acceptors (Lipinski definition) is 3. The molecule has 100 valence electrons. The Morgan fingerprint density at radius 3 is 2.65 bits per heavy atom. The Bertz CT molecular complexity index is 702. The first-order valence-electron chi connectivity index (χ1n) is 6.60. The van der Waals surface area contributed by atoms with Gasteiger partial charge >= 0.3 is 0 Å². The third-order valence-electron chi connectivity index (χ3n) is 3.22. The van der Waals surface area contributed by atoms with Gasteiger partial charge in [0.15, 0.2) is 0 Å². The summed E-state index contributed by atoms with van der Waals surface area (Å²) in [7, 11) is 1.86. The minimum atomic E-state index is 0.519. The molecule has 3 aromatic rings. The van der Waals surface area contributed by atoms with E-state index in [0.29, 0.717) is 6.61 Å². The monoisotopic (exact) mass is 264 g/mol. The summed E-state index contributed by atoms with van der Waals surface area (Å²) in [4.78, 5) is 4.28. The minimum absolute atomic E-state index is 0.519. The third kappa shape index (κ3) is 2.57. The Balaban J connectivity index is 1.79. The van der Waals surface area contributed by atoms with Crippen LogP contribution in [-0.4, -0.2) is 12.0 Å². The molecule has 0 aliphatic carbocycles. The van der Waals surface area contributed by atoms with Gasteiger partial charge in [0.1, 0.15) is 18.2 Å². The van der Waals surface area contributed by atoms with Gasteiger partial charge in [-0.2, -0.15) is 0 Å². The quantitative estimate of drug-likeness (QED) is 0.777. The van der Waals surface area contributed by atoms with Crippen molar-refractivity contribution in [2.75, 3.05) is 12.4 Å². The van der Waals surface area contributed by atoms with E-state index >= 15 is 0 Å². The van der Waals surface area contributed by atoms with E-state index in [1.165, 1.54) is 5.39 Å². The van der Waals surface area contributed by atoms with E-state index in [-0.39, 0.29) is 0 Å². The van der Waals surface area contributed by atoms with E-state index in [1.54, 1.807) is 0 Å². The molecule has 0 saturated carbocycles. The normalized spacial score (nSPS) is 10.4. The molecule has 0 saturated heterocycles. The zero-order valence-corrected chi connectivity index (χ0v) is 11.3. The highest BCUT2D eigenvalue weighted by Gasteiger charge is 2.02. The van der Waals surface area contributed by atoms with Crippen molar-refractivity contribution in [2.24, 2.45) is 0 Å². The highest BCUT2D eigenvalue weighted by molar-refractivity contribution is 5.88. The van der Waals surface area contributed by atoms with Crippen molar-refractivity contribution in [1.29, 1.82) is 0 Å². The Morgan fingerprint density at radius 1 is 1.00 bits per heavy atom.